The lowest BCUT2D eigenvalue weighted by molar-refractivity contribution is -0.00214. The van der Waals surface area contributed by atoms with Gasteiger partial charge in [-0.1, -0.05) is 36.4 Å². The zero-order chi connectivity index (χ0) is 22.6. The van der Waals surface area contributed by atoms with Gasteiger partial charge in [-0.15, -0.1) is 0 Å². The summed E-state index contributed by atoms with van der Waals surface area (Å²) in [5.74, 6) is 0.619. The second-order valence-electron chi connectivity index (χ2n) is 9.03. The van der Waals surface area contributed by atoms with E-state index in [1.54, 1.807) is 12.1 Å². The van der Waals surface area contributed by atoms with E-state index in [0.29, 0.717) is 37.9 Å². The van der Waals surface area contributed by atoms with Gasteiger partial charge in [-0.3, -0.25) is 0 Å². The molecule has 2 aliphatic rings. The highest BCUT2D eigenvalue weighted by molar-refractivity contribution is 7.88. The molecule has 1 aromatic heterocycles. The molecule has 1 N–H and O–H groups in total. The highest BCUT2D eigenvalue weighted by Gasteiger charge is 2.33. The number of nitrogens with zero attached hydrogens (tertiary/aromatic N) is 2. The molecule has 1 saturated carbocycles. The largest absolute Gasteiger partial charge is 0.378 e. The fourth-order valence-corrected chi connectivity index (χ4v) is 5.82. The van der Waals surface area contributed by atoms with E-state index >= 15 is 0 Å². The Kier molecular flexibility index (Phi) is 7.43. The van der Waals surface area contributed by atoms with Crippen LogP contribution in [0.25, 0.3) is 0 Å². The van der Waals surface area contributed by atoms with Crippen LogP contribution in [-0.2, 0) is 14.8 Å². The minimum atomic E-state index is -3.33. The molecule has 2 fully saturated rings. The Labute approximate surface area is 190 Å². The minimum Gasteiger partial charge on any atom is -0.378 e. The van der Waals surface area contributed by atoms with Crippen molar-refractivity contribution in [1.29, 1.82) is 0 Å². The SMILES string of the molecule is CS(=O)(=O)N[C@H]1CCN(c2cccc(F)n2)C[C@H]1COC1CCC(c2ccccc2)CC1. The molecular weight excluding hydrogens is 429 g/mol. The average molecular weight is 462 g/mol. The molecule has 1 saturated heterocycles. The monoisotopic (exact) mass is 461 g/mol. The zero-order valence-electron chi connectivity index (χ0n) is 18.5. The molecule has 174 valence electrons. The van der Waals surface area contributed by atoms with E-state index in [4.69, 9.17) is 4.74 Å². The summed E-state index contributed by atoms with van der Waals surface area (Å²) >= 11 is 0. The molecular formula is C24H32FN3O3S. The average Bonchev–Trinajstić information content (AvgIpc) is 2.78. The van der Waals surface area contributed by atoms with Gasteiger partial charge in [0.05, 0.1) is 19.0 Å². The Morgan fingerprint density at radius 1 is 1.06 bits per heavy atom. The summed E-state index contributed by atoms with van der Waals surface area (Å²) in [7, 11) is -3.33. The van der Waals surface area contributed by atoms with Crippen molar-refractivity contribution in [2.24, 2.45) is 5.92 Å². The number of sulfonamides is 1. The van der Waals surface area contributed by atoms with Crippen LogP contribution in [0.2, 0.25) is 0 Å². The number of ether oxygens (including phenoxy) is 1. The van der Waals surface area contributed by atoms with E-state index in [1.807, 2.05) is 11.0 Å². The molecule has 2 heterocycles. The lowest BCUT2D eigenvalue weighted by atomic mass is 9.82. The summed E-state index contributed by atoms with van der Waals surface area (Å²) in [5.41, 5.74) is 1.40. The Hall–Kier alpha value is -2.03. The normalized spacial score (nSPS) is 26.8. The molecule has 2 aromatic rings. The van der Waals surface area contributed by atoms with E-state index in [2.05, 4.69) is 34.0 Å². The van der Waals surface area contributed by atoms with Gasteiger partial charge < -0.3 is 9.64 Å². The molecule has 0 amide bonds. The molecule has 32 heavy (non-hydrogen) atoms. The van der Waals surface area contributed by atoms with Crippen LogP contribution in [0.5, 0.6) is 0 Å². The molecule has 0 bridgehead atoms. The zero-order valence-corrected chi connectivity index (χ0v) is 19.3. The molecule has 4 rings (SSSR count). The number of pyridine rings is 1. The smallest absolute Gasteiger partial charge is 0.214 e. The lowest BCUT2D eigenvalue weighted by Gasteiger charge is -2.40. The number of hydrogen-bond donors (Lipinski definition) is 1. The van der Waals surface area contributed by atoms with Gasteiger partial charge in [0.15, 0.2) is 0 Å². The van der Waals surface area contributed by atoms with E-state index in [-0.39, 0.29) is 18.1 Å². The van der Waals surface area contributed by atoms with Crippen LogP contribution in [0, 0.1) is 11.9 Å². The summed E-state index contributed by atoms with van der Waals surface area (Å²) in [5, 5.41) is 0. The molecule has 8 heteroatoms. The number of halogens is 1. The van der Waals surface area contributed by atoms with Crippen molar-refractivity contribution in [3.8, 4) is 0 Å². The Balaban J connectivity index is 1.36. The molecule has 1 aliphatic heterocycles. The molecule has 0 unspecified atom stereocenters. The van der Waals surface area contributed by atoms with E-state index in [1.165, 1.54) is 17.9 Å². The molecule has 1 aromatic carbocycles. The first-order valence-corrected chi connectivity index (χ1v) is 13.3. The van der Waals surface area contributed by atoms with Crippen molar-refractivity contribution in [3.05, 3.63) is 60.0 Å². The van der Waals surface area contributed by atoms with Gasteiger partial charge in [0, 0.05) is 25.0 Å². The van der Waals surface area contributed by atoms with Crippen molar-refractivity contribution in [3.63, 3.8) is 0 Å². The fourth-order valence-electron chi connectivity index (χ4n) is 4.96. The molecule has 1 aliphatic carbocycles. The number of aromatic nitrogens is 1. The van der Waals surface area contributed by atoms with Gasteiger partial charge in [-0.05, 0) is 55.7 Å². The molecule has 0 spiro atoms. The number of nitrogens with one attached hydrogen (secondary N) is 1. The van der Waals surface area contributed by atoms with Gasteiger partial charge in [0.25, 0.3) is 0 Å². The van der Waals surface area contributed by atoms with Crippen molar-refractivity contribution in [1.82, 2.24) is 9.71 Å². The predicted molar refractivity (Wildman–Crippen MR) is 124 cm³/mol. The highest BCUT2D eigenvalue weighted by atomic mass is 32.2. The van der Waals surface area contributed by atoms with Gasteiger partial charge in [0.1, 0.15) is 5.82 Å². The van der Waals surface area contributed by atoms with Crippen LogP contribution in [-0.4, -0.2) is 51.5 Å². The maximum Gasteiger partial charge on any atom is 0.214 e. The van der Waals surface area contributed by atoms with Crippen LogP contribution in [0.1, 0.15) is 43.6 Å². The number of rotatable bonds is 7. The van der Waals surface area contributed by atoms with Gasteiger partial charge in [-0.25, -0.2) is 18.1 Å². The van der Waals surface area contributed by atoms with Gasteiger partial charge in [0.2, 0.25) is 16.0 Å². The maximum atomic E-state index is 13.6. The quantitative estimate of drug-likeness (QED) is 0.637. The first-order chi connectivity index (χ1) is 15.4. The number of piperidine rings is 1. The van der Waals surface area contributed by atoms with Crippen LogP contribution in [0.15, 0.2) is 48.5 Å². The molecule has 0 radical (unpaired) electrons. The van der Waals surface area contributed by atoms with Crippen LogP contribution in [0.3, 0.4) is 0 Å². The van der Waals surface area contributed by atoms with Crippen molar-refractivity contribution in [2.45, 2.75) is 50.2 Å². The number of benzene rings is 1. The second-order valence-corrected chi connectivity index (χ2v) is 10.8. The summed E-state index contributed by atoms with van der Waals surface area (Å²) in [6, 6.07) is 15.2. The minimum absolute atomic E-state index is 0.0320. The first kappa shape index (κ1) is 23.1. The van der Waals surface area contributed by atoms with Crippen LogP contribution < -0.4 is 9.62 Å². The Morgan fingerprint density at radius 2 is 1.81 bits per heavy atom. The molecule has 6 nitrogen and oxygen atoms in total. The number of hydrogen-bond acceptors (Lipinski definition) is 5. The van der Waals surface area contributed by atoms with E-state index < -0.39 is 16.0 Å². The topological polar surface area (TPSA) is 71.5 Å². The van der Waals surface area contributed by atoms with E-state index in [0.717, 1.165) is 25.7 Å². The van der Waals surface area contributed by atoms with Crippen molar-refractivity contribution in [2.75, 3.05) is 30.9 Å². The standard InChI is InChI=1S/C24H32FN3O3S/c1-32(29,30)27-22-14-15-28(24-9-5-8-23(25)26-24)16-20(22)17-31-21-12-10-19(11-13-21)18-6-3-2-4-7-18/h2-9,19-22,27H,10-17H2,1H3/t19?,20-,21?,22-/m0/s1. The van der Waals surface area contributed by atoms with Crippen molar-refractivity contribution >= 4 is 15.8 Å². The van der Waals surface area contributed by atoms with Crippen LogP contribution >= 0.6 is 0 Å². The Morgan fingerprint density at radius 3 is 2.50 bits per heavy atom. The summed E-state index contributed by atoms with van der Waals surface area (Å²) in [4.78, 5) is 6.02. The summed E-state index contributed by atoms with van der Waals surface area (Å²) in [6.45, 7) is 1.66. The van der Waals surface area contributed by atoms with E-state index in [9.17, 15) is 12.8 Å². The van der Waals surface area contributed by atoms with Crippen molar-refractivity contribution < 1.29 is 17.5 Å². The molecule has 2 atom stereocenters. The first-order valence-electron chi connectivity index (χ1n) is 11.4. The van der Waals surface area contributed by atoms with Gasteiger partial charge >= 0.3 is 0 Å². The summed E-state index contributed by atoms with van der Waals surface area (Å²) in [6.07, 6.45) is 6.22. The predicted octanol–water partition coefficient (Wildman–Crippen LogP) is 3.71. The third kappa shape index (κ3) is 6.27. The Bertz CT molecular complexity index is 981. The maximum absolute atomic E-state index is 13.6. The lowest BCUT2D eigenvalue weighted by Crippen LogP contribution is -2.52. The number of anilines is 1. The van der Waals surface area contributed by atoms with Crippen LogP contribution in [0.4, 0.5) is 10.2 Å². The highest BCUT2D eigenvalue weighted by Crippen LogP contribution is 2.34. The third-order valence-corrected chi connectivity index (χ3v) is 7.35. The second kappa shape index (κ2) is 10.3. The summed E-state index contributed by atoms with van der Waals surface area (Å²) < 4.78 is 46.5. The third-order valence-electron chi connectivity index (χ3n) is 6.61. The van der Waals surface area contributed by atoms with Gasteiger partial charge in [-0.2, -0.15) is 4.39 Å². The fraction of sp³-hybridized carbons (Fsp3) is 0.542.